The maximum absolute atomic E-state index is 13.7. The van der Waals surface area contributed by atoms with Gasteiger partial charge >= 0.3 is 0 Å². The molecule has 1 fully saturated rings. The first-order valence-corrected chi connectivity index (χ1v) is 12.5. The summed E-state index contributed by atoms with van der Waals surface area (Å²) in [5.41, 5.74) is 3.95. The van der Waals surface area contributed by atoms with E-state index in [4.69, 9.17) is 0 Å². The van der Waals surface area contributed by atoms with Crippen LogP contribution >= 0.6 is 11.8 Å². The highest BCUT2D eigenvalue weighted by Gasteiger charge is 2.30. The Morgan fingerprint density at radius 3 is 2.41 bits per heavy atom. The average Bonchev–Trinajstić information content (AvgIpc) is 3.32. The third-order valence-electron chi connectivity index (χ3n) is 6.13. The molecule has 0 N–H and O–H groups in total. The molecule has 5 rings (SSSR count). The second kappa shape index (κ2) is 10.2. The monoisotopic (exact) mass is 469 g/mol. The van der Waals surface area contributed by atoms with Gasteiger partial charge in [-0.25, -0.2) is 0 Å². The van der Waals surface area contributed by atoms with Crippen LogP contribution in [0.4, 0.5) is 0 Å². The van der Waals surface area contributed by atoms with Crippen LogP contribution in [-0.2, 0) is 4.79 Å². The van der Waals surface area contributed by atoms with Crippen LogP contribution in [0.25, 0.3) is 17.1 Å². The number of pyridine rings is 1. The van der Waals surface area contributed by atoms with Crippen molar-refractivity contribution in [3.05, 3.63) is 90.3 Å². The Morgan fingerprint density at radius 1 is 0.912 bits per heavy atom. The number of carbonyl (C=O) groups excluding carboxylic acids is 1. The van der Waals surface area contributed by atoms with Gasteiger partial charge in [-0.15, -0.1) is 10.2 Å². The van der Waals surface area contributed by atoms with Crippen molar-refractivity contribution >= 4 is 17.7 Å². The van der Waals surface area contributed by atoms with E-state index in [-0.39, 0.29) is 5.91 Å². The second-order valence-corrected chi connectivity index (χ2v) is 9.54. The van der Waals surface area contributed by atoms with Crippen LogP contribution in [0.5, 0.6) is 0 Å². The number of carbonyl (C=O) groups is 1. The number of aryl methyl sites for hydroxylation is 1. The van der Waals surface area contributed by atoms with Gasteiger partial charge in [0.25, 0.3) is 0 Å². The number of benzene rings is 2. The Labute approximate surface area is 204 Å². The van der Waals surface area contributed by atoms with Crippen LogP contribution in [-0.4, -0.2) is 43.6 Å². The van der Waals surface area contributed by atoms with E-state index in [9.17, 15) is 4.79 Å². The minimum absolute atomic E-state index is 0.137. The predicted molar refractivity (Wildman–Crippen MR) is 135 cm³/mol. The summed E-state index contributed by atoms with van der Waals surface area (Å²) in [4.78, 5) is 20.0. The largest absolute Gasteiger partial charge is 0.341 e. The number of hydrogen-bond acceptors (Lipinski definition) is 5. The van der Waals surface area contributed by atoms with Gasteiger partial charge in [0.1, 0.15) is 5.25 Å². The van der Waals surface area contributed by atoms with Crippen molar-refractivity contribution in [1.29, 1.82) is 0 Å². The van der Waals surface area contributed by atoms with Crippen molar-refractivity contribution in [2.24, 2.45) is 0 Å². The van der Waals surface area contributed by atoms with E-state index >= 15 is 0 Å². The molecule has 6 nitrogen and oxygen atoms in total. The first-order chi connectivity index (χ1) is 16.7. The number of piperidine rings is 1. The first-order valence-electron chi connectivity index (χ1n) is 11.6. The maximum Gasteiger partial charge on any atom is 0.240 e. The number of amides is 1. The fraction of sp³-hybridized carbons (Fsp3) is 0.259. The lowest BCUT2D eigenvalue weighted by Gasteiger charge is -2.30. The first kappa shape index (κ1) is 22.3. The Hall–Kier alpha value is -3.45. The topological polar surface area (TPSA) is 63.9 Å². The summed E-state index contributed by atoms with van der Waals surface area (Å²) in [6.07, 6.45) is 6.84. The number of para-hydroxylation sites is 1. The molecule has 1 saturated heterocycles. The van der Waals surface area contributed by atoms with E-state index < -0.39 is 5.25 Å². The number of rotatable bonds is 6. The lowest BCUT2D eigenvalue weighted by Crippen LogP contribution is -2.38. The van der Waals surface area contributed by atoms with Gasteiger partial charge in [0.15, 0.2) is 11.0 Å². The summed E-state index contributed by atoms with van der Waals surface area (Å²) in [6, 6.07) is 22.0. The molecular formula is C27H27N5OS. The van der Waals surface area contributed by atoms with Crippen LogP contribution in [0.15, 0.2) is 84.3 Å². The van der Waals surface area contributed by atoms with Gasteiger partial charge in [-0.05, 0) is 55.5 Å². The van der Waals surface area contributed by atoms with E-state index in [1.807, 2.05) is 59.5 Å². The molecule has 0 bridgehead atoms. The van der Waals surface area contributed by atoms with Crippen molar-refractivity contribution in [1.82, 2.24) is 24.6 Å². The molecule has 0 spiro atoms. The summed E-state index contributed by atoms with van der Waals surface area (Å²) >= 11 is 1.47. The number of likely N-dealkylation sites (tertiary alicyclic amines) is 1. The molecule has 1 aliphatic rings. The summed E-state index contributed by atoms with van der Waals surface area (Å²) in [6.45, 7) is 3.70. The zero-order valence-electron chi connectivity index (χ0n) is 19.2. The molecule has 3 heterocycles. The summed E-state index contributed by atoms with van der Waals surface area (Å²) in [5, 5.41) is 9.42. The fourth-order valence-corrected chi connectivity index (χ4v) is 5.47. The molecule has 2 aromatic carbocycles. The highest BCUT2D eigenvalue weighted by molar-refractivity contribution is 8.00. The zero-order chi connectivity index (χ0) is 23.3. The van der Waals surface area contributed by atoms with E-state index in [1.54, 1.807) is 12.4 Å². The fourth-order valence-electron chi connectivity index (χ4n) is 4.33. The van der Waals surface area contributed by atoms with Crippen molar-refractivity contribution in [2.45, 2.75) is 36.6 Å². The number of thioether (sulfide) groups is 1. The van der Waals surface area contributed by atoms with Gasteiger partial charge in [-0.1, -0.05) is 60.3 Å². The zero-order valence-corrected chi connectivity index (χ0v) is 20.0. The van der Waals surface area contributed by atoms with Gasteiger partial charge in [-0.3, -0.25) is 14.3 Å². The van der Waals surface area contributed by atoms with Crippen molar-refractivity contribution in [3.8, 4) is 17.1 Å². The molecule has 2 aromatic heterocycles. The predicted octanol–water partition coefficient (Wildman–Crippen LogP) is 5.48. The Bertz CT molecular complexity index is 1250. The highest BCUT2D eigenvalue weighted by atomic mass is 32.2. The van der Waals surface area contributed by atoms with Gasteiger partial charge in [0.2, 0.25) is 5.91 Å². The minimum atomic E-state index is -0.395. The highest BCUT2D eigenvalue weighted by Crippen LogP contribution is 2.39. The van der Waals surface area contributed by atoms with Gasteiger partial charge in [-0.2, -0.15) is 0 Å². The summed E-state index contributed by atoms with van der Waals surface area (Å²) in [7, 11) is 0. The molecule has 1 amide bonds. The quantitative estimate of drug-likeness (QED) is 0.350. The Balaban J connectivity index is 1.59. The Kier molecular flexibility index (Phi) is 6.72. The van der Waals surface area contributed by atoms with E-state index in [0.717, 1.165) is 48.3 Å². The lowest BCUT2D eigenvalue weighted by molar-refractivity contribution is -0.131. The molecule has 1 atom stereocenters. The third-order valence-corrected chi connectivity index (χ3v) is 7.31. The number of nitrogens with zero attached hydrogens (tertiary/aromatic N) is 5. The van der Waals surface area contributed by atoms with Crippen molar-refractivity contribution in [2.75, 3.05) is 13.1 Å². The van der Waals surface area contributed by atoms with Crippen LogP contribution in [0.1, 0.15) is 35.6 Å². The molecule has 0 radical (unpaired) electrons. The smallest absolute Gasteiger partial charge is 0.240 e. The van der Waals surface area contributed by atoms with Crippen LogP contribution in [0.2, 0.25) is 0 Å². The van der Waals surface area contributed by atoms with Crippen LogP contribution in [0.3, 0.4) is 0 Å². The van der Waals surface area contributed by atoms with E-state index in [0.29, 0.717) is 11.0 Å². The number of aromatic nitrogens is 4. The van der Waals surface area contributed by atoms with Gasteiger partial charge in [0, 0.05) is 31.0 Å². The molecule has 34 heavy (non-hydrogen) atoms. The molecule has 0 unspecified atom stereocenters. The maximum atomic E-state index is 13.7. The SMILES string of the molecule is Cc1ccccc1-n1c(S[C@@H](C(=O)N2CCCCC2)c2ccccc2)nnc1-c1cccnc1. The normalized spacial score (nSPS) is 14.7. The molecular weight excluding hydrogens is 442 g/mol. The minimum Gasteiger partial charge on any atom is -0.341 e. The third kappa shape index (κ3) is 4.61. The number of hydrogen-bond donors (Lipinski definition) is 0. The van der Waals surface area contributed by atoms with E-state index in [1.165, 1.54) is 18.2 Å². The van der Waals surface area contributed by atoms with Crippen molar-refractivity contribution in [3.63, 3.8) is 0 Å². The van der Waals surface area contributed by atoms with Crippen LogP contribution in [0, 0.1) is 6.92 Å². The molecule has 1 aliphatic heterocycles. The standard InChI is InChI=1S/C27H27N5OS/c1-20-11-6-7-15-23(20)32-25(22-14-10-16-28-19-22)29-30-27(32)34-24(21-12-4-2-5-13-21)26(33)31-17-8-3-9-18-31/h2,4-7,10-16,19,24H,3,8-9,17-18H2,1H3/t24-/m1/s1. The molecule has 7 heteroatoms. The van der Waals surface area contributed by atoms with Gasteiger partial charge in [0.05, 0.1) is 5.69 Å². The second-order valence-electron chi connectivity index (χ2n) is 8.46. The molecule has 0 saturated carbocycles. The van der Waals surface area contributed by atoms with Gasteiger partial charge < -0.3 is 4.90 Å². The molecule has 0 aliphatic carbocycles. The van der Waals surface area contributed by atoms with Crippen LogP contribution < -0.4 is 0 Å². The summed E-state index contributed by atoms with van der Waals surface area (Å²) in [5.74, 6) is 0.847. The molecule has 172 valence electrons. The Morgan fingerprint density at radius 2 is 1.68 bits per heavy atom. The molecule has 4 aromatic rings. The average molecular weight is 470 g/mol. The van der Waals surface area contributed by atoms with E-state index in [2.05, 4.69) is 38.8 Å². The van der Waals surface area contributed by atoms with Crippen molar-refractivity contribution < 1.29 is 4.79 Å². The lowest BCUT2D eigenvalue weighted by atomic mass is 10.1. The summed E-state index contributed by atoms with van der Waals surface area (Å²) < 4.78 is 2.05.